The minimum Gasteiger partial charge on any atom is -0.356 e. The van der Waals surface area contributed by atoms with Crippen LogP contribution in [-0.2, 0) is 0 Å². The van der Waals surface area contributed by atoms with Gasteiger partial charge >= 0.3 is 0 Å². The Hall–Kier alpha value is -2.27. The highest BCUT2D eigenvalue weighted by molar-refractivity contribution is 5.62. The van der Waals surface area contributed by atoms with E-state index in [-0.39, 0.29) is 0 Å². The maximum absolute atomic E-state index is 8.87. The van der Waals surface area contributed by atoms with E-state index in [1.165, 1.54) is 5.56 Å². The lowest BCUT2D eigenvalue weighted by molar-refractivity contribution is 1.38. The van der Waals surface area contributed by atoms with Crippen LogP contribution < -0.4 is 5.32 Å². The van der Waals surface area contributed by atoms with Gasteiger partial charge in [0.2, 0.25) is 0 Å². The zero-order chi connectivity index (χ0) is 12.3. The van der Waals surface area contributed by atoms with Gasteiger partial charge in [0.1, 0.15) is 0 Å². The summed E-state index contributed by atoms with van der Waals surface area (Å²) in [4.78, 5) is 0. The van der Waals surface area contributed by atoms with Crippen LogP contribution in [0.2, 0.25) is 0 Å². The molecule has 0 amide bonds. The summed E-state index contributed by atoms with van der Waals surface area (Å²) in [5, 5.41) is 12.2. The lowest BCUT2D eigenvalue weighted by Gasteiger charge is -2.08. The van der Waals surface area contributed by atoms with Crippen molar-refractivity contribution in [1.82, 2.24) is 0 Å². The summed E-state index contributed by atoms with van der Waals surface area (Å²) in [5.74, 6) is 0. The van der Waals surface area contributed by atoms with Gasteiger partial charge in [0.05, 0.1) is 11.6 Å². The predicted octanol–water partition coefficient (Wildman–Crippen LogP) is 3.92. The molecule has 0 spiro atoms. The molecule has 0 saturated carbocycles. The van der Waals surface area contributed by atoms with Crippen molar-refractivity contribution in [2.75, 3.05) is 5.32 Å². The van der Waals surface area contributed by atoms with Crippen LogP contribution in [0.25, 0.3) is 0 Å². The van der Waals surface area contributed by atoms with Crippen LogP contribution in [0, 0.1) is 25.2 Å². The Balaban J connectivity index is 2.25. The van der Waals surface area contributed by atoms with Crippen molar-refractivity contribution in [1.29, 1.82) is 5.26 Å². The van der Waals surface area contributed by atoms with Crippen LogP contribution in [0.1, 0.15) is 16.7 Å². The van der Waals surface area contributed by atoms with E-state index in [0.29, 0.717) is 0 Å². The van der Waals surface area contributed by atoms with Gasteiger partial charge in [-0.1, -0.05) is 12.1 Å². The summed E-state index contributed by atoms with van der Waals surface area (Å²) in [6.45, 7) is 4.01. The predicted molar refractivity (Wildman–Crippen MR) is 70.4 cm³/mol. The maximum Gasteiger partial charge on any atom is 0.0994 e. The molecule has 0 bridgehead atoms. The lowest BCUT2D eigenvalue weighted by Crippen LogP contribution is -1.92. The molecule has 1 N–H and O–H groups in total. The summed E-state index contributed by atoms with van der Waals surface area (Å²) in [5.41, 5.74) is 5.01. The van der Waals surface area contributed by atoms with Crippen LogP contribution >= 0.6 is 0 Å². The molecule has 17 heavy (non-hydrogen) atoms. The third-order valence-corrected chi connectivity index (χ3v) is 2.65. The molecule has 0 aliphatic carbocycles. The zero-order valence-corrected chi connectivity index (χ0v) is 9.99. The number of rotatable bonds is 2. The summed E-state index contributed by atoms with van der Waals surface area (Å²) in [6, 6.07) is 16.1. The molecule has 0 aliphatic heterocycles. The number of benzene rings is 2. The van der Waals surface area contributed by atoms with Gasteiger partial charge < -0.3 is 5.32 Å². The first-order valence-corrected chi connectivity index (χ1v) is 5.53. The van der Waals surface area contributed by atoms with Crippen molar-refractivity contribution in [2.24, 2.45) is 0 Å². The van der Waals surface area contributed by atoms with Crippen molar-refractivity contribution in [2.45, 2.75) is 13.8 Å². The molecule has 0 aromatic heterocycles. The van der Waals surface area contributed by atoms with Crippen LogP contribution in [-0.4, -0.2) is 0 Å². The molecule has 2 nitrogen and oxygen atoms in total. The quantitative estimate of drug-likeness (QED) is 0.836. The topological polar surface area (TPSA) is 35.8 Å². The summed E-state index contributed by atoms with van der Waals surface area (Å²) >= 11 is 0. The first kappa shape index (κ1) is 11.2. The molecule has 0 aliphatic rings. The third kappa shape index (κ3) is 2.64. The highest BCUT2D eigenvalue weighted by Crippen LogP contribution is 2.20. The van der Waals surface area contributed by atoms with E-state index in [0.717, 1.165) is 22.5 Å². The zero-order valence-electron chi connectivity index (χ0n) is 9.99. The summed E-state index contributed by atoms with van der Waals surface area (Å²) in [6.07, 6.45) is 0. The van der Waals surface area contributed by atoms with Crippen LogP contribution in [0.15, 0.2) is 42.5 Å². The normalized spacial score (nSPS) is 9.71. The van der Waals surface area contributed by atoms with Gasteiger partial charge in [0.25, 0.3) is 0 Å². The molecule has 0 radical (unpaired) electrons. The Morgan fingerprint density at radius 1 is 1.00 bits per heavy atom. The van der Waals surface area contributed by atoms with E-state index < -0.39 is 0 Å². The van der Waals surface area contributed by atoms with Crippen molar-refractivity contribution >= 4 is 11.4 Å². The smallest absolute Gasteiger partial charge is 0.0994 e. The summed E-state index contributed by atoms with van der Waals surface area (Å²) in [7, 11) is 0. The molecule has 2 aromatic rings. The maximum atomic E-state index is 8.87. The molecular formula is C15H14N2. The van der Waals surface area contributed by atoms with Gasteiger partial charge in [-0.05, 0) is 55.3 Å². The van der Waals surface area contributed by atoms with Gasteiger partial charge in [0.15, 0.2) is 0 Å². The van der Waals surface area contributed by atoms with Crippen molar-refractivity contribution < 1.29 is 0 Å². The van der Waals surface area contributed by atoms with Crippen molar-refractivity contribution in [3.8, 4) is 6.07 Å². The van der Waals surface area contributed by atoms with E-state index in [1.807, 2.05) is 37.3 Å². The molecule has 0 atom stereocenters. The molecule has 84 valence electrons. The van der Waals surface area contributed by atoms with Gasteiger partial charge in [-0.25, -0.2) is 0 Å². The molecule has 0 fully saturated rings. The Kier molecular flexibility index (Phi) is 3.11. The van der Waals surface area contributed by atoms with Crippen LogP contribution in [0.5, 0.6) is 0 Å². The average Bonchev–Trinajstić information content (AvgIpc) is 2.29. The second-order valence-corrected chi connectivity index (χ2v) is 4.14. The van der Waals surface area contributed by atoms with E-state index in [4.69, 9.17) is 5.26 Å². The number of nitrogens with one attached hydrogen (secondary N) is 1. The minimum atomic E-state index is 0.722. The number of nitriles is 1. The molecule has 2 rings (SSSR count). The Bertz CT molecular complexity index is 580. The summed E-state index contributed by atoms with van der Waals surface area (Å²) < 4.78 is 0. The number of nitrogens with zero attached hydrogens (tertiary/aromatic N) is 1. The molecule has 2 heteroatoms. The fourth-order valence-electron chi connectivity index (χ4n) is 1.76. The van der Waals surface area contributed by atoms with Gasteiger partial charge in [0, 0.05) is 11.4 Å². The first-order valence-electron chi connectivity index (χ1n) is 5.53. The fourth-order valence-corrected chi connectivity index (χ4v) is 1.76. The molecule has 0 saturated heterocycles. The average molecular weight is 222 g/mol. The Morgan fingerprint density at radius 3 is 2.41 bits per heavy atom. The number of hydrogen-bond acceptors (Lipinski definition) is 2. The van der Waals surface area contributed by atoms with E-state index in [2.05, 4.69) is 30.4 Å². The molecule has 0 heterocycles. The van der Waals surface area contributed by atoms with Crippen molar-refractivity contribution in [3.63, 3.8) is 0 Å². The molecule has 0 unspecified atom stereocenters. The SMILES string of the molecule is Cc1cccc(Nc2ccc(C#N)c(C)c2)c1. The highest BCUT2D eigenvalue weighted by Gasteiger charge is 1.99. The van der Waals surface area contributed by atoms with Gasteiger partial charge in [-0.3, -0.25) is 0 Å². The fraction of sp³-hybridized carbons (Fsp3) is 0.133. The standard InChI is InChI=1S/C15H14N2/c1-11-4-3-5-14(8-11)17-15-7-6-13(10-16)12(2)9-15/h3-9,17H,1-2H3. The third-order valence-electron chi connectivity index (χ3n) is 2.65. The van der Waals surface area contributed by atoms with Crippen LogP contribution in [0.4, 0.5) is 11.4 Å². The largest absolute Gasteiger partial charge is 0.356 e. The second-order valence-electron chi connectivity index (χ2n) is 4.14. The minimum absolute atomic E-state index is 0.722. The van der Waals surface area contributed by atoms with Gasteiger partial charge in [-0.2, -0.15) is 5.26 Å². The lowest BCUT2D eigenvalue weighted by atomic mass is 10.1. The number of anilines is 2. The first-order chi connectivity index (χ1) is 8.19. The van der Waals surface area contributed by atoms with E-state index in [1.54, 1.807) is 0 Å². The number of aryl methyl sites for hydroxylation is 2. The highest BCUT2D eigenvalue weighted by atomic mass is 14.9. The van der Waals surface area contributed by atoms with Crippen molar-refractivity contribution in [3.05, 3.63) is 59.2 Å². The Morgan fingerprint density at radius 2 is 1.76 bits per heavy atom. The van der Waals surface area contributed by atoms with Crippen LogP contribution in [0.3, 0.4) is 0 Å². The monoisotopic (exact) mass is 222 g/mol. The number of hydrogen-bond donors (Lipinski definition) is 1. The molecule has 2 aromatic carbocycles. The molecular weight excluding hydrogens is 208 g/mol. The van der Waals surface area contributed by atoms with Gasteiger partial charge in [-0.15, -0.1) is 0 Å². The second kappa shape index (κ2) is 4.71. The van der Waals surface area contributed by atoms with E-state index in [9.17, 15) is 0 Å². The Labute approximate surface area is 102 Å². The van der Waals surface area contributed by atoms with E-state index >= 15 is 0 Å².